The normalized spacial score (nSPS) is 22.1. The molecular weight excluding hydrogens is 192 g/mol. The zero-order valence-corrected chi connectivity index (χ0v) is 9.88. The van der Waals surface area contributed by atoms with Gasteiger partial charge in [-0.3, -0.25) is 4.79 Å². The first kappa shape index (κ1) is 12.5. The van der Waals surface area contributed by atoms with E-state index in [9.17, 15) is 4.79 Å². The van der Waals surface area contributed by atoms with Crippen molar-refractivity contribution in [1.29, 1.82) is 0 Å². The second-order valence-electron chi connectivity index (χ2n) is 4.26. The van der Waals surface area contributed by atoms with Gasteiger partial charge in [-0.15, -0.1) is 0 Å². The van der Waals surface area contributed by atoms with Crippen molar-refractivity contribution in [3.8, 4) is 0 Å². The topological polar surface area (TPSA) is 50.4 Å². The third-order valence-corrected chi connectivity index (χ3v) is 3.17. The van der Waals surface area contributed by atoms with Crippen LogP contribution in [0, 0.1) is 5.92 Å². The minimum Gasteiger partial charge on any atom is -0.381 e. The molecule has 2 unspecified atom stereocenters. The molecule has 0 aromatic heterocycles. The lowest BCUT2D eigenvalue weighted by Crippen LogP contribution is -2.47. The molecule has 1 rings (SSSR count). The summed E-state index contributed by atoms with van der Waals surface area (Å²) in [6, 6.07) is 0.129. The van der Waals surface area contributed by atoms with Gasteiger partial charge in [0.2, 0.25) is 5.91 Å². The van der Waals surface area contributed by atoms with Crippen molar-refractivity contribution >= 4 is 5.91 Å². The van der Waals surface area contributed by atoms with Gasteiger partial charge in [0.1, 0.15) is 0 Å². The Morgan fingerprint density at radius 3 is 2.47 bits per heavy atom. The molecule has 1 saturated heterocycles. The van der Waals surface area contributed by atoms with Crippen LogP contribution in [-0.4, -0.2) is 38.3 Å². The fourth-order valence-corrected chi connectivity index (χ4v) is 1.81. The standard InChI is InChI=1S/C11H22N2O2/c1-8(10-4-6-15-7-5-10)13-11(14)9(2)12-3/h8-10,12H,4-7H2,1-3H3,(H,13,14). The molecule has 4 heteroatoms. The molecule has 0 aromatic carbocycles. The summed E-state index contributed by atoms with van der Waals surface area (Å²) in [6.07, 6.45) is 2.10. The van der Waals surface area contributed by atoms with E-state index in [-0.39, 0.29) is 18.0 Å². The SMILES string of the molecule is CNC(C)C(=O)NC(C)C1CCOCC1. The molecule has 0 bridgehead atoms. The van der Waals surface area contributed by atoms with E-state index in [4.69, 9.17) is 4.74 Å². The van der Waals surface area contributed by atoms with Crippen molar-refractivity contribution in [2.75, 3.05) is 20.3 Å². The third kappa shape index (κ3) is 3.80. The summed E-state index contributed by atoms with van der Waals surface area (Å²) in [5.74, 6) is 0.642. The maximum absolute atomic E-state index is 11.6. The first-order valence-electron chi connectivity index (χ1n) is 5.70. The van der Waals surface area contributed by atoms with Crippen molar-refractivity contribution in [2.24, 2.45) is 5.92 Å². The van der Waals surface area contributed by atoms with Gasteiger partial charge in [-0.25, -0.2) is 0 Å². The second-order valence-corrected chi connectivity index (χ2v) is 4.26. The van der Waals surface area contributed by atoms with Crippen molar-refractivity contribution in [2.45, 2.75) is 38.8 Å². The Labute approximate surface area is 91.8 Å². The highest BCUT2D eigenvalue weighted by atomic mass is 16.5. The zero-order valence-electron chi connectivity index (χ0n) is 9.88. The van der Waals surface area contributed by atoms with Gasteiger partial charge in [-0.2, -0.15) is 0 Å². The van der Waals surface area contributed by atoms with Crippen molar-refractivity contribution in [1.82, 2.24) is 10.6 Å². The molecule has 1 heterocycles. The molecule has 2 N–H and O–H groups in total. The Hall–Kier alpha value is -0.610. The van der Waals surface area contributed by atoms with Gasteiger partial charge in [0.05, 0.1) is 6.04 Å². The highest BCUT2D eigenvalue weighted by Gasteiger charge is 2.22. The summed E-state index contributed by atoms with van der Waals surface area (Å²) in [7, 11) is 1.80. The van der Waals surface area contributed by atoms with E-state index < -0.39 is 0 Å². The Morgan fingerprint density at radius 2 is 1.93 bits per heavy atom. The molecule has 4 nitrogen and oxygen atoms in total. The molecule has 1 fully saturated rings. The van der Waals surface area contributed by atoms with Crippen LogP contribution in [0.4, 0.5) is 0 Å². The largest absolute Gasteiger partial charge is 0.381 e. The van der Waals surface area contributed by atoms with Crippen LogP contribution in [0.25, 0.3) is 0 Å². The zero-order chi connectivity index (χ0) is 11.3. The highest BCUT2D eigenvalue weighted by molar-refractivity contribution is 5.81. The van der Waals surface area contributed by atoms with Crippen LogP contribution in [0.5, 0.6) is 0 Å². The van der Waals surface area contributed by atoms with Gasteiger partial charge < -0.3 is 15.4 Å². The molecule has 0 saturated carbocycles. The maximum atomic E-state index is 11.6. The molecule has 0 radical (unpaired) electrons. The lowest BCUT2D eigenvalue weighted by atomic mass is 9.93. The van der Waals surface area contributed by atoms with Gasteiger partial charge >= 0.3 is 0 Å². The predicted molar refractivity (Wildman–Crippen MR) is 59.7 cm³/mol. The Kier molecular flexibility index (Phi) is 5.05. The number of nitrogens with one attached hydrogen (secondary N) is 2. The number of ether oxygens (including phenoxy) is 1. The van der Waals surface area contributed by atoms with Gasteiger partial charge in [0.15, 0.2) is 0 Å². The van der Waals surface area contributed by atoms with Crippen molar-refractivity contribution in [3.05, 3.63) is 0 Å². The second kappa shape index (κ2) is 6.08. The smallest absolute Gasteiger partial charge is 0.237 e. The number of amides is 1. The summed E-state index contributed by atoms with van der Waals surface area (Å²) >= 11 is 0. The summed E-state index contributed by atoms with van der Waals surface area (Å²) < 4.78 is 5.30. The van der Waals surface area contributed by atoms with Gasteiger partial charge in [-0.05, 0) is 39.7 Å². The van der Waals surface area contributed by atoms with Crippen LogP contribution in [0.15, 0.2) is 0 Å². The van der Waals surface area contributed by atoms with E-state index in [0.717, 1.165) is 26.1 Å². The number of rotatable bonds is 4. The fraction of sp³-hybridized carbons (Fsp3) is 0.909. The van der Waals surface area contributed by atoms with Crippen LogP contribution >= 0.6 is 0 Å². The maximum Gasteiger partial charge on any atom is 0.237 e. The first-order valence-corrected chi connectivity index (χ1v) is 5.70. The fourth-order valence-electron chi connectivity index (χ4n) is 1.81. The molecular formula is C11H22N2O2. The van der Waals surface area contributed by atoms with E-state index in [1.165, 1.54) is 0 Å². The number of hydrogen-bond acceptors (Lipinski definition) is 3. The molecule has 1 aliphatic heterocycles. The van der Waals surface area contributed by atoms with Crippen LogP contribution in [-0.2, 0) is 9.53 Å². The molecule has 0 aliphatic carbocycles. The molecule has 0 spiro atoms. The van der Waals surface area contributed by atoms with Crippen LogP contribution in [0.3, 0.4) is 0 Å². The summed E-state index contributed by atoms with van der Waals surface area (Å²) in [4.78, 5) is 11.6. The molecule has 15 heavy (non-hydrogen) atoms. The Morgan fingerprint density at radius 1 is 1.33 bits per heavy atom. The minimum absolute atomic E-state index is 0.0801. The molecule has 0 aromatic rings. The third-order valence-electron chi connectivity index (χ3n) is 3.17. The quantitative estimate of drug-likeness (QED) is 0.717. The van der Waals surface area contributed by atoms with Crippen molar-refractivity contribution in [3.63, 3.8) is 0 Å². The molecule has 2 atom stereocenters. The lowest BCUT2D eigenvalue weighted by Gasteiger charge is -2.29. The van der Waals surface area contributed by atoms with Gasteiger partial charge in [0.25, 0.3) is 0 Å². The predicted octanol–water partition coefficient (Wildman–Crippen LogP) is 0.526. The molecule has 1 aliphatic rings. The molecule has 88 valence electrons. The highest BCUT2D eigenvalue weighted by Crippen LogP contribution is 2.18. The van der Waals surface area contributed by atoms with Crippen LogP contribution in [0.2, 0.25) is 0 Å². The number of likely N-dealkylation sites (N-methyl/N-ethyl adjacent to an activating group) is 1. The average molecular weight is 214 g/mol. The van der Waals surface area contributed by atoms with Crippen LogP contribution < -0.4 is 10.6 Å². The first-order chi connectivity index (χ1) is 7.15. The van der Waals surface area contributed by atoms with E-state index in [2.05, 4.69) is 17.6 Å². The van der Waals surface area contributed by atoms with E-state index in [1.807, 2.05) is 6.92 Å². The lowest BCUT2D eigenvalue weighted by molar-refractivity contribution is -0.123. The van der Waals surface area contributed by atoms with E-state index in [0.29, 0.717) is 5.92 Å². The Bertz CT molecular complexity index is 203. The van der Waals surface area contributed by atoms with Crippen molar-refractivity contribution < 1.29 is 9.53 Å². The minimum atomic E-state index is -0.118. The number of carbonyl (C=O) groups excluding carboxylic acids is 1. The van der Waals surface area contributed by atoms with E-state index >= 15 is 0 Å². The molecule has 1 amide bonds. The number of carbonyl (C=O) groups is 1. The average Bonchev–Trinajstić information content (AvgIpc) is 2.29. The summed E-state index contributed by atoms with van der Waals surface area (Å²) in [5.41, 5.74) is 0. The Balaban J connectivity index is 2.33. The van der Waals surface area contributed by atoms with E-state index in [1.54, 1.807) is 7.05 Å². The summed E-state index contributed by atoms with van der Waals surface area (Å²) in [6.45, 7) is 5.60. The van der Waals surface area contributed by atoms with Gasteiger partial charge in [-0.1, -0.05) is 0 Å². The number of hydrogen-bond donors (Lipinski definition) is 2. The van der Waals surface area contributed by atoms with Gasteiger partial charge in [0, 0.05) is 19.3 Å². The monoisotopic (exact) mass is 214 g/mol. The summed E-state index contributed by atoms with van der Waals surface area (Å²) in [5, 5.41) is 5.98. The van der Waals surface area contributed by atoms with Crippen LogP contribution in [0.1, 0.15) is 26.7 Å².